The van der Waals surface area contributed by atoms with Crippen LogP contribution in [0.4, 0.5) is 5.69 Å². The summed E-state index contributed by atoms with van der Waals surface area (Å²) in [7, 11) is 2.80. The lowest BCUT2D eigenvalue weighted by atomic mass is 10.0. The van der Waals surface area contributed by atoms with Gasteiger partial charge in [0.1, 0.15) is 11.4 Å². The van der Waals surface area contributed by atoms with E-state index in [1.807, 2.05) is 18.2 Å². The normalized spacial score (nSPS) is 10.6. The Hall–Kier alpha value is -4.10. The van der Waals surface area contributed by atoms with Gasteiger partial charge in [0.25, 0.3) is 11.7 Å². The Morgan fingerprint density at radius 1 is 0.939 bits per heavy atom. The second-order valence-corrected chi connectivity index (χ2v) is 7.51. The molecular weight excluding hydrogens is 444 g/mol. The van der Waals surface area contributed by atoms with E-state index in [0.717, 1.165) is 5.52 Å². The average Bonchev–Trinajstić information content (AvgIpc) is 3.23. The molecule has 0 radical (unpaired) electrons. The van der Waals surface area contributed by atoms with Crippen molar-refractivity contribution in [3.05, 3.63) is 89.2 Å². The van der Waals surface area contributed by atoms with Gasteiger partial charge in [0.05, 0.1) is 24.8 Å². The molecule has 1 amide bonds. The van der Waals surface area contributed by atoms with Gasteiger partial charge in [0.2, 0.25) is 0 Å². The highest BCUT2D eigenvalue weighted by molar-refractivity contribution is 6.47. The van der Waals surface area contributed by atoms with Crippen molar-refractivity contribution in [2.75, 3.05) is 19.5 Å². The number of carbonyl (C=O) groups is 3. The molecule has 0 saturated heterocycles. The number of rotatable bonds is 6. The number of halogens is 1. The number of nitrogens with one attached hydrogen (secondary N) is 1. The Bertz CT molecular complexity index is 1380. The van der Waals surface area contributed by atoms with Crippen molar-refractivity contribution in [3.8, 4) is 16.9 Å². The zero-order valence-electron chi connectivity index (χ0n) is 17.8. The second kappa shape index (κ2) is 9.18. The lowest BCUT2D eigenvalue weighted by Crippen LogP contribution is -2.24. The first-order valence-electron chi connectivity index (χ1n) is 9.91. The molecule has 0 aliphatic carbocycles. The average molecular weight is 463 g/mol. The Morgan fingerprint density at radius 2 is 1.70 bits per heavy atom. The molecular formula is C25H19ClN2O5. The second-order valence-electron chi connectivity index (χ2n) is 7.10. The van der Waals surface area contributed by atoms with Crippen molar-refractivity contribution in [1.82, 2.24) is 4.40 Å². The third kappa shape index (κ3) is 4.31. The summed E-state index contributed by atoms with van der Waals surface area (Å²) < 4.78 is 11.5. The molecule has 33 heavy (non-hydrogen) atoms. The molecule has 4 aromatic rings. The number of ether oxygens (including phenoxy) is 2. The number of pyridine rings is 1. The highest BCUT2D eigenvalue weighted by Crippen LogP contribution is 2.34. The Balaban J connectivity index is 1.70. The van der Waals surface area contributed by atoms with E-state index in [2.05, 4.69) is 10.1 Å². The van der Waals surface area contributed by atoms with Gasteiger partial charge in [-0.15, -0.1) is 0 Å². The quantitative estimate of drug-likeness (QED) is 0.251. The highest BCUT2D eigenvalue weighted by atomic mass is 35.5. The SMILES string of the molecule is COC(=O)c1ccc(NC(=O)C(=O)c2c(-c3ccc(OC)c(Cl)c3)cc3ccccn23)cc1. The van der Waals surface area contributed by atoms with Gasteiger partial charge in [-0.2, -0.15) is 0 Å². The minimum absolute atomic E-state index is 0.204. The predicted molar refractivity (Wildman–Crippen MR) is 125 cm³/mol. The molecule has 0 unspecified atom stereocenters. The largest absolute Gasteiger partial charge is 0.495 e. The van der Waals surface area contributed by atoms with Crippen LogP contribution >= 0.6 is 11.6 Å². The predicted octanol–water partition coefficient (Wildman–Crippen LogP) is 4.88. The summed E-state index contributed by atoms with van der Waals surface area (Å²) in [6.07, 6.45) is 1.72. The molecule has 2 aromatic carbocycles. The zero-order chi connectivity index (χ0) is 23.5. The molecule has 2 aromatic heterocycles. The van der Waals surface area contributed by atoms with Crippen molar-refractivity contribution >= 4 is 40.5 Å². The number of amides is 1. The highest BCUT2D eigenvalue weighted by Gasteiger charge is 2.25. The van der Waals surface area contributed by atoms with Crippen LogP contribution in [-0.4, -0.2) is 36.3 Å². The molecule has 2 heterocycles. The minimum atomic E-state index is -0.814. The van der Waals surface area contributed by atoms with Crippen LogP contribution in [0.15, 0.2) is 72.9 Å². The van der Waals surface area contributed by atoms with Crippen LogP contribution in [0.1, 0.15) is 20.8 Å². The number of anilines is 1. The smallest absolute Gasteiger partial charge is 0.337 e. The fraction of sp³-hybridized carbons (Fsp3) is 0.0800. The number of hydrogen-bond donors (Lipinski definition) is 1. The lowest BCUT2D eigenvalue weighted by molar-refractivity contribution is -0.112. The van der Waals surface area contributed by atoms with Crippen LogP contribution in [0, 0.1) is 0 Å². The van der Waals surface area contributed by atoms with Gasteiger partial charge in [-0.25, -0.2) is 4.79 Å². The third-order valence-corrected chi connectivity index (χ3v) is 5.42. The Kier molecular flexibility index (Phi) is 6.15. The van der Waals surface area contributed by atoms with Crippen molar-refractivity contribution in [1.29, 1.82) is 0 Å². The Labute approximate surface area is 194 Å². The summed E-state index contributed by atoms with van der Waals surface area (Å²) in [6.45, 7) is 0. The number of fused-ring (bicyclic) bond motifs is 1. The van der Waals surface area contributed by atoms with Crippen molar-refractivity contribution in [2.45, 2.75) is 0 Å². The summed E-state index contributed by atoms with van der Waals surface area (Å²) in [5, 5.41) is 2.97. The maximum absolute atomic E-state index is 13.3. The van der Waals surface area contributed by atoms with Crippen molar-refractivity contribution in [3.63, 3.8) is 0 Å². The van der Waals surface area contributed by atoms with E-state index in [0.29, 0.717) is 33.1 Å². The molecule has 0 aliphatic rings. The monoisotopic (exact) mass is 462 g/mol. The number of methoxy groups -OCH3 is 2. The van der Waals surface area contributed by atoms with Crippen LogP contribution in [0.5, 0.6) is 5.75 Å². The standard InChI is InChI=1S/C25H19ClN2O5/c1-32-21-11-8-16(13-20(21)26)19-14-18-5-3-4-12-28(18)22(19)23(29)24(30)27-17-9-6-15(7-10-17)25(31)33-2/h3-14H,1-2H3,(H,27,30). The molecule has 0 atom stereocenters. The van der Waals surface area contributed by atoms with Gasteiger partial charge in [0, 0.05) is 23.0 Å². The summed E-state index contributed by atoms with van der Waals surface area (Å²) in [6, 6.07) is 18.5. The maximum Gasteiger partial charge on any atom is 0.337 e. The molecule has 8 heteroatoms. The summed E-state index contributed by atoms with van der Waals surface area (Å²) >= 11 is 6.30. The number of Topliss-reactive ketones (excluding diaryl/α,β-unsaturated/α-hetero) is 1. The van der Waals surface area contributed by atoms with E-state index in [4.69, 9.17) is 16.3 Å². The third-order valence-electron chi connectivity index (χ3n) is 5.13. The van der Waals surface area contributed by atoms with Gasteiger partial charge in [-0.05, 0) is 60.2 Å². The number of ketones is 1. The van der Waals surface area contributed by atoms with E-state index >= 15 is 0 Å². The molecule has 1 N–H and O–H groups in total. The van der Waals surface area contributed by atoms with Crippen LogP contribution < -0.4 is 10.1 Å². The molecule has 4 rings (SSSR count). The molecule has 7 nitrogen and oxygen atoms in total. The summed E-state index contributed by atoms with van der Waals surface area (Å²) in [5.41, 5.74) is 2.89. The van der Waals surface area contributed by atoms with Gasteiger partial charge >= 0.3 is 5.97 Å². The number of benzene rings is 2. The molecule has 0 aliphatic heterocycles. The Morgan fingerprint density at radius 3 is 2.36 bits per heavy atom. The van der Waals surface area contributed by atoms with E-state index in [1.165, 1.54) is 38.5 Å². The number of carbonyl (C=O) groups excluding carboxylic acids is 3. The number of hydrogen-bond acceptors (Lipinski definition) is 5. The van der Waals surface area contributed by atoms with Crippen LogP contribution in [0.2, 0.25) is 5.02 Å². The first-order chi connectivity index (χ1) is 15.9. The van der Waals surface area contributed by atoms with Gasteiger partial charge in [-0.3, -0.25) is 9.59 Å². The van der Waals surface area contributed by atoms with E-state index in [1.54, 1.807) is 34.9 Å². The first-order valence-corrected chi connectivity index (χ1v) is 10.3. The van der Waals surface area contributed by atoms with Crippen LogP contribution in [-0.2, 0) is 9.53 Å². The van der Waals surface area contributed by atoms with Gasteiger partial charge in [0.15, 0.2) is 0 Å². The fourth-order valence-electron chi connectivity index (χ4n) is 3.51. The molecule has 0 spiro atoms. The van der Waals surface area contributed by atoms with Crippen LogP contribution in [0.25, 0.3) is 16.6 Å². The van der Waals surface area contributed by atoms with Crippen LogP contribution in [0.3, 0.4) is 0 Å². The zero-order valence-corrected chi connectivity index (χ0v) is 18.6. The number of esters is 1. The van der Waals surface area contributed by atoms with Crippen molar-refractivity contribution in [2.24, 2.45) is 0 Å². The summed E-state index contributed by atoms with van der Waals surface area (Å²) in [5.74, 6) is -1.53. The van der Waals surface area contributed by atoms with E-state index in [9.17, 15) is 14.4 Å². The number of nitrogens with zero attached hydrogens (tertiary/aromatic N) is 1. The summed E-state index contributed by atoms with van der Waals surface area (Å²) in [4.78, 5) is 37.7. The van der Waals surface area contributed by atoms with Crippen molar-refractivity contribution < 1.29 is 23.9 Å². The van der Waals surface area contributed by atoms with E-state index in [-0.39, 0.29) is 5.69 Å². The maximum atomic E-state index is 13.3. The van der Waals surface area contributed by atoms with E-state index < -0.39 is 17.7 Å². The number of aromatic nitrogens is 1. The minimum Gasteiger partial charge on any atom is -0.495 e. The van der Waals surface area contributed by atoms with Gasteiger partial charge in [-0.1, -0.05) is 23.7 Å². The first kappa shape index (κ1) is 22.1. The molecule has 166 valence electrons. The molecule has 0 saturated carbocycles. The topological polar surface area (TPSA) is 86.1 Å². The molecule has 0 fully saturated rings. The van der Waals surface area contributed by atoms with Gasteiger partial charge < -0.3 is 19.2 Å². The molecule has 0 bridgehead atoms. The lowest BCUT2D eigenvalue weighted by Gasteiger charge is -2.09. The fourth-order valence-corrected chi connectivity index (χ4v) is 3.77.